The normalized spacial score (nSPS) is 12.8. The number of ketones is 1. The number of nitrogens with one attached hydrogen (secondary N) is 1. The highest BCUT2D eigenvalue weighted by Gasteiger charge is 2.20. The summed E-state index contributed by atoms with van der Waals surface area (Å²) < 4.78 is 6.10. The molecule has 0 radical (unpaired) electrons. The number of aliphatic imine (C=N–C) groups is 1. The Kier molecular flexibility index (Phi) is 6.20. The molecular weight excluding hydrogens is 420 g/mol. The number of ether oxygens (including phenoxy) is 1. The summed E-state index contributed by atoms with van der Waals surface area (Å²) in [4.78, 5) is 29.0. The number of hydrogen-bond acceptors (Lipinski definition) is 8. The average Bonchev–Trinajstić information content (AvgIpc) is 3.19. The molecule has 0 saturated carbocycles. The van der Waals surface area contributed by atoms with Crippen molar-refractivity contribution in [1.29, 1.82) is 0 Å². The largest absolute Gasteiger partial charge is 0.484 e. The van der Waals surface area contributed by atoms with Gasteiger partial charge in [-0.15, -0.1) is 10.2 Å². The Morgan fingerprint density at radius 2 is 2.03 bits per heavy atom. The minimum absolute atomic E-state index is 0.0860. The third-order valence-corrected chi connectivity index (χ3v) is 6.27. The van der Waals surface area contributed by atoms with Gasteiger partial charge in [-0.25, -0.2) is 0 Å². The number of para-hydroxylation sites is 1. The monoisotopic (exact) mass is 438 g/mol. The molecule has 0 unspecified atom stereocenters. The topological polar surface area (TPSA) is 93.5 Å². The molecule has 1 aliphatic heterocycles. The number of carbonyl (C=O) groups is 2. The van der Waals surface area contributed by atoms with Crippen LogP contribution in [0.5, 0.6) is 5.75 Å². The van der Waals surface area contributed by atoms with Crippen LogP contribution >= 0.6 is 23.1 Å². The van der Waals surface area contributed by atoms with E-state index in [-0.39, 0.29) is 18.3 Å². The van der Waals surface area contributed by atoms with E-state index in [0.29, 0.717) is 33.0 Å². The molecule has 2 heterocycles. The van der Waals surface area contributed by atoms with Crippen molar-refractivity contribution in [2.24, 2.45) is 4.99 Å². The van der Waals surface area contributed by atoms with Crippen molar-refractivity contribution in [2.75, 3.05) is 17.7 Å². The molecule has 9 heteroatoms. The molecule has 3 aromatic rings. The summed E-state index contributed by atoms with van der Waals surface area (Å²) >= 11 is 2.72. The SMILES string of the molecule is Cc1ccc2c(c1)C(=O)CC(CSc1nnc(NC(=O)COc3ccccc3)s1)=N2. The third kappa shape index (κ3) is 5.11. The quantitative estimate of drug-likeness (QED) is 0.436. The first-order chi connectivity index (χ1) is 14.6. The van der Waals surface area contributed by atoms with Crippen LogP contribution in [0.3, 0.4) is 0 Å². The maximum atomic E-state index is 12.4. The van der Waals surface area contributed by atoms with E-state index in [1.54, 1.807) is 12.1 Å². The van der Waals surface area contributed by atoms with Gasteiger partial charge in [0.15, 0.2) is 16.7 Å². The number of benzene rings is 2. The Bertz CT molecular complexity index is 1110. The molecule has 0 saturated heterocycles. The zero-order valence-corrected chi connectivity index (χ0v) is 17.8. The Morgan fingerprint density at radius 3 is 2.87 bits per heavy atom. The summed E-state index contributed by atoms with van der Waals surface area (Å²) in [7, 11) is 0. The molecule has 0 fully saturated rings. The van der Waals surface area contributed by atoms with E-state index in [1.165, 1.54) is 23.1 Å². The second kappa shape index (κ2) is 9.19. The molecule has 2 aromatic carbocycles. The standard InChI is InChI=1S/C21H18N4O3S2/c1-13-7-8-17-16(9-13)18(26)10-14(22-17)12-29-21-25-24-20(30-21)23-19(27)11-28-15-5-3-2-4-6-15/h2-9H,10-12H2,1H3,(H,23,24,27). The summed E-state index contributed by atoms with van der Waals surface area (Å²) in [5, 5.41) is 11.2. The first-order valence-corrected chi connectivity index (χ1v) is 11.0. The number of fused-ring (bicyclic) bond motifs is 1. The zero-order valence-electron chi connectivity index (χ0n) is 16.1. The van der Waals surface area contributed by atoms with E-state index in [1.807, 2.05) is 43.3 Å². The average molecular weight is 439 g/mol. The van der Waals surface area contributed by atoms with Crippen LogP contribution in [-0.4, -0.2) is 40.0 Å². The highest BCUT2D eigenvalue weighted by atomic mass is 32.2. The van der Waals surface area contributed by atoms with E-state index in [4.69, 9.17) is 4.74 Å². The number of Topliss-reactive ketones (excluding diaryl/α,β-unsaturated/α-hetero) is 1. The van der Waals surface area contributed by atoms with Gasteiger partial charge in [0.25, 0.3) is 5.91 Å². The molecule has 1 aromatic heterocycles. The summed E-state index contributed by atoms with van der Waals surface area (Å²) in [6.07, 6.45) is 0.308. The lowest BCUT2D eigenvalue weighted by Gasteiger charge is -2.14. The minimum Gasteiger partial charge on any atom is -0.484 e. The van der Waals surface area contributed by atoms with E-state index < -0.39 is 0 Å². The van der Waals surface area contributed by atoms with E-state index >= 15 is 0 Å². The second-order valence-corrected chi connectivity index (χ2v) is 8.81. The van der Waals surface area contributed by atoms with Gasteiger partial charge < -0.3 is 4.74 Å². The fraction of sp³-hybridized carbons (Fsp3) is 0.190. The fourth-order valence-electron chi connectivity index (χ4n) is 2.83. The van der Waals surface area contributed by atoms with Gasteiger partial charge in [-0.3, -0.25) is 19.9 Å². The predicted octanol–water partition coefficient (Wildman–Crippen LogP) is 4.32. The van der Waals surface area contributed by atoms with Gasteiger partial charge in [0.05, 0.1) is 12.1 Å². The smallest absolute Gasteiger partial charge is 0.264 e. The van der Waals surface area contributed by atoms with Crippen LogP contribution < -0.4 is 10.1 Å². The molecular formula is C21H18N4O3S2. The highest BCUT2D eigenvalue weighted by Crippen LogP contribution is 2.30. The number of rotatable bonds is 7. The number of thioether (sulfide) groups is 1. The summed E-state index contributed by atoms with van der Waals surface area (Å²) in [6, 6.07) is 14.8. The maximum absolute atomic E-state index is 12.4. The third-order valence-electron chi connectivity index (χ3n) is 4.22. The minimum atomic E-state index is -0.305. The van der Waals surface area contributed by atoms with Gasteiger partial charge in [-0.05, 0) is 31.2 Å². The van der Waals surface area contributed by atoms with Gasteiger partial charge in [0.2, 0.25) is 5.13 Å². The summed E-state index contributed by atoms with van der Waals surface area (Å²) in [5.74, 6) is 0.947. The predicted molar refractivity (Wildman–Crippen MR) is 118 cm³/mol. The maximum Gasteiger partial charge on any atom is 0.264 e. The van der Waals surface area contributed by atoms with Crippen molar-refractivity contribution >= 4 is 51.3 Å². The molecule has 1 aliphatic rings. The van der Waals surface area contributed by atoms with E-state index in [0.717, 1.165) is 17.0 Å². The van der Waals surface area contributed by atoms with Crippen LogP contribution in [0.25, 0.3) is 0 Å². The summed E-state index contributed by atoms with van der Waals surface area (Å²) in [6.45, 7) is 1.85. The summed E-state index contributed by atoms with van der Waals surface area (Å²) in [5.41, 5.74) is 3.25. The Hall–Kier alpha value is -3.04. The van der Waals surface area contributed by atoms with Crippen molar-refractivity contribution in [3.8, 4) is 5.75 Å². The van der Waals surface area contributed by atoms with Crippen molar-refractivity contribution in [1.82, 2.24) is 10.2 Å². The first kappa shape index (κ1) is 20.2. The molecule has 1 N–H and O–H groups in total. The molecule has 0 aliphatic carbocycles. The number of aryl methyl sites for hydroxylation is 1. The van der Waals surface area contributed by atoms with Gasteiger partial charge in [0.1, 0.15) is 5.75 Å². The number of carbonyl (C=O) groups excluding carboxylic acids is 2. The van der Waals surface area contributed by atoms with Gasteiger partial charge in [-0.2, -0.15) is 0 Å². The van der Waals surface area contributed by atoms with Crippen molar-refractivity contribution in [2.45, 2.75) is 17.7 Å². The van der Waals surface area contributed by atoms with Crippen LogP contribution in [0, 0.1) is 6.92 Å². The number of aromatic nitrogens is 2. The first-order valence-electron chi connectivity index (χ1n) is 9.21. The lowest BCUT2D eigenvalue weighted by molar-refractivity contribution is -0.118. The molecule has 4 rings (SSSR count). The molecule has 152 valence electrons. The highest BCUT2D eigenvalue weighted by molar-refractivity contribution is 8.01. The number of hydrogen-bond donors (Lipinski definition) is 1. The van der Waals surface area contributed by atoms with Crippen LogP contribution in [0.1, 0.15) is 22.3 Å². The Labute approximate surface area is 181 Å². The van der Waals surface area contributed by atoms with Crippen LogP contribution in [-0.2, 0) is 4.79 Å². The Balaban J connectivity index is 1.30. The zero-order chi connectivity index (χ0) is 20.9. The lowest BCUT2D eigenvalue weighted by atomic mass is 9.99. The van der Waals surface area contributed by atoms with Crippen LogP contribution in [0.2, 0.25) is 0 Å². The molecule has 0 atom stereocenters. The van der Waals surface area contributed by atoms with Crippen molar-refractivity contribution in [3.05, 3.63) is 59.7 Å². The number of nitrogens with zero attached hydrogens (tertiary/aromatic N) is 3. The van der Waals surface area contributed by atoms with Crippen molar-refractivity contribution in [3.63, 3.8) is 0 Å². The molecule has 0 spiro atoms. The molecule has 30 heavy (non-hydrogen) atoms. The van der Waals surface area contributed by atoms with E-state index in [9.17, 15) is 9.59 Å². The fourth-order valence-corrected chi connectivity index (χ4v) is 4.53. The number of amides is 1. The van der Waals surface area contributed by atoms with Crippen LogP contribution in [0.4, 0.5) is 10.8 Å². The van der Waals surface area contributed by atoms with Gasteiger partial charge in [-0.1, -0.05) is 52.9 Å². The van der Waals surface area contributed by atoms with Gasteiger partial charge >= 0.3 is 0 Å². The molecule has 1 amide bonds. The van der Waals surface area contributed by atoms with Crippen molar-refractivity contribution < 1.29 is 14.3 Å². The number of anilines is 1. The van der Waals surface area contributed by atoms with E-state index in [2.05, 4.69) is 20.5 Å². The van der Waals surface area contributed by atoms with Crippen LogP contribution in [0.15, 0.2) is 57.9 Å². The lowest BCUT2D eigenvalue weighted by Crippen LogP contribution is -2.20. The second-order valence-electron chi connectivity index (χ2n) is 6.61. The van der Waals surface area contributed by atoms with Gasteiger partial charge in [0, 0.05) is 17.0 Å². The molecule has 7 nitrogen and oxygen atoms in total. The molecule has 0 bridgehead atoms. The Morgan fingerprint density at radius 1 is 1.20 bits per heavy atom.